The maximum Gasteiger partial charge on any atom is 0.211 e. The van der Waals surface area contributed by atoms with Crippen LogP contribution in [0.3, 0.4) is 0 Å². The lowest BCUT2D eigenvalue weighted by Gasteiger charge is -2.40. The van der Waals surface area contributed by atoms with Gasteiger partial charge in [-0.2, -0.15) is 4.31 Å². The summed E-state index contributed by atoms with van der Waals surface area (Å²) in [5.74, 6) is 0. The van der Waals surface area contributed by atoms with E-state index in [-0.39, 0.29) is 5.54 Å². The van der Waals surface area contributed by atoms with E-state index in [1.165, 1.54) is 6.26 Å². The Kier molecular flexibility index (Phi) is 2.50. The highest BCUT2D eigenvalue weighted by Crippen LogP contribution is 2.28. The lowest BCUT2D eigenvalue weighted by atomic mass is 9.93. The molecule has 1 aliphatic heterocycles. The van der Waals surface area contributed by atoms with Crippen LogP contribution in [0.4, 0.5) is 0 Å². The fraction of sp³-hybridized carbons (Fsp3) is 1.00. The van der Waals surface area contributed by atoms with Gasteiger partial charge in [-0.15, -0.1) is 0 Å². The molecular formula is C8H17NO2S. The molecule has 0 atom stereocenters. The first-order valence-corrected chi connectivity index (χ1v) is 6.17. The monoisotopic (exact) mass is 191 g/mol. The molecule has 1 fully saturated rings. The Labute approximate surface area is 74.8 Å². The smallest absolute Gasteiger partial charge is 0.211 e. The van der Waals surface area contributed by atoms with Crippen LogP contribution in [-0.2, 0) is 10.0 Å². The molecule has 1 aliphatic rings. The number of nitrogens with zero attached hydrogens (tertiary/aromatic N) is 1. The zero-order valence-electron chi connectivity index (χ0n) is 8.00. The zero-order valence-corrected chi connectivity index (χ0v) is 8.82. The van der Waals surface area contributed by atoms with Crippen LogP contribution in [0.1, 0.15) is 33.1 Å². The van der Waals surface area contributed by atoms with Crippen molar-refractivity contribution in [2.45, 2.75) is 38.6 Å². The van der Waals surface area contributed by atoms with E-state index >= 15 is 0 Å². The van der Waals surface area contributed by atoms with E-state index in [1.54, 1.807) is 4.31 Å². The summed E-state index contributed by atoms with van der Waals surface area (Å²) in [6, 6.07) is 0. The van der Waals surface area contributed by atoms with Crippen molar-refractivity contribution in [3.8, 4) is 0 Å². The summed E-state index contributed by atoms with van der Waals surface area (Å²) < 4.78 is 24.3. The van der Waals surface area contributed by atoms with Gasteiger partial charge in [0, 0.05) is 12.1 Å². The van der Waals surface area contributed by atoms with E-state index < -0.39 is 10.0 Å². The predicted molar refractivity (Wildman–Crippen MR) is 49.5 cm³/mol. The molecule has 0 radical (unpaired) electrons. The van der Waals surface area contributed by atoms with Crippen LogP contribution in [0.25, 0.3) is 0 Å². The first-order valence-electron chi connectivity index (χ1n) is 4.32. The van der Waals surface area contributed by atoms with Crippen molar-refractivity contribution in [1.82, 2.24) is 4.31 Å². The van der Waals surface area contributed by atoms with E-state index in [1.807, 2.05) is 13.8 Å². The highest BCUT2D eigenvalue weighted by molar-refractivity contribution is 7.88. The van der Waals surface area contributed by atoms with Crippen LogP contribution < -0.4 is 0 Å². The first kappa shape index (κ1) is 9.99. The van der Waals surface area contributed by atoms with Crippen molar-refractivity contribution < 1.29 is 8.42 Å². The molecule has 0 N–H and O–H groups in total. The van der Waals surface area contributed by atoms with Gasteiger partial charge in [-0.25, -0.2) is 8.42 Å². The van der Waals surface area contributed by atoms with Gasteiger partial charge in [-0.1, -0.05) is 6.42 Å². The van der Waals surface area contributed by atoms with E-state index in [4.69, 9.17) is 0 Å². The van der Waals surface area contributed by atoms with Crippen LogP contribution in [0.15, 0.2) is 0 Å². The quantitative estimate of drug-likeness (QED) is 0.624. The lowest BCUT2D eigenvalue weighted by molar-refractivity contribution is 0.171. The molecule has 3 nitrogen and oxygen atoms in total. The Morgan fingerprint density at radius 1 is 1.25 bits per heavy atom. The van der Waals surface area contributed by atoms with Gasteiger partial charge in [0.1, 0.15) is 0 Å². The maximum atomic E-state index is 11.3. The Morgan fingerprint density at radius 2 is 1.83 bits per heavy atom. The Balaban J connectivity index is 2.88. The fourth-order valence-corrected chi connectivity index (χ4v) is 3.30. The van der Waals surface area contributed by atoms with Crippen LogP contribution in [0.2, 0.25) is 0 Å². The van der Waals surface area contributed by atoms with Gasteiger partial charge in [-0.05, 0) is 26.7 Å². The molecule has 0 bridgehead atoms. The average Bonchev–Trinajstić information content (AvgIpc) is 1.83. The molecule has 0 saturated carbocycles. The number of rotatable bonds is 1. The van der Waals surface area contributed by atoms with Crippen LogP contribution in [0.5, 0.6) is 0 Å². The standard InChI is InChI=1S/C8H17NO2S/c1-8(2)6-4-5-7-9(8)12(3,10)11/h4-7H2,1-3H3. The second kappa shape index (κ2) is 3.00. The van der Waals surface area contributed by atoms with Gasteiger partial charge in [-0.3, -0.25) is 0 Å². The molecule has 0 aromatic rings. The molecule has 1 rings (SSSR count). The molecule has 0 unspecified atom stereocenters. The van der Waals surface area contributed by atoms with Crippen LogP contribution >= 0.6 is 0 Å². The summed E-state index contributed by atoms with van der Waals surface area (Å²) in [4.78, 5) is 0. The molecule has 72 valence electrons. The molecule has 0 aliphatic carbocycles. The molecule has 0 amide bonds. The molecule has 1 saturated heterocycles. The molecule has 0 spiro atoms. The van der Waals surface area contributed by atoms with Gasteiger partial charge in [0.2, 0.25) is 10.0 Å². The molecule has 0 aromatic carbocycles. The van der Waals surface area contributed by atoms with Crippen molar-refractivity contribution >= 4 is 10.0 Å². The second-order valence-corrected chi connectivity index (χ2v) is 6.01. The summed E-state index contributed by atoms with van der Waals surface area (Å²) in [7, 11) is -3.00. The number of hydrogen-bond donors (Lipinski definition) is 0. The third-order valence-corrected chi connectivity index (χ3v) is 3.95. The Morgan fingerprint density at radius 3 is 2.17 bits per heavy atom. The van der Waals surface area contributed by atoms with Crippen molar-refractivity contribution in [2.75, 3.05) is 12.8 Å². The predicted octanol–water partition coefficient (Wildman–Crippen LogP) is 1.21. The number of sulfonamides is 1. The Hall–Kier alpha value is -0.0900. The van der Waals surface area contributed by atoms with E-state index in [2.05, 4.69) is 0 Å². The SMILES string of the molecule is CC1(C)CCCCN1S(C)(=O)=O. The van der Waals surface area contributed by atoms with E-state index in [0.29, 0.717) is 6.54 Å². The fourth-order valence-electron chi connectivity index (χ4n) is 1.86. The van der Waals surface area contributed by atoms with Gasteiger partial charge < -0.3 is 0 Å². The normalized spacial score (nSPS) is 25.6. The third-order valence-electron chi connectivity index (χ3n) is 2.48. The molecule has 0 aromatic heterocycles. The van der Waals surface area contributed by atoms with Gasteiger partial charge in [0.15, 0.2) is 0 Å². The van der Waals surface area contributed by atoms with Crippen molar-refractivity contribution in [1.29, 1.82) is 0 Å². The summed E-state index contributed by atoms with van der Waals surface area (Å²) in [6.07, 6.45) is 4.40. The van der Waals surface area contributed by atoms with Gasteiger partial charge >= 0.3 is 0 Å². The van der Waals surface area contributed by atoms with E-state index in [0.717, 1.165) is 19.3 Å². The highest BCUT2D eigenvalue weighted by atomic mass is 32.2. The summed E-state index contributed by atoms with van der Waals surface area (Å²) in [5.41, 5.74) is -0.175. The summed E-state index contributed by atoms with van der Waals surface area (Å²) in [6.45, 7) is 4.67. The topological polar surface area (TPSA) is 37.4 Å². The molecular weight excluding hydrogens is 174 g/mol. The van der Waals surface area contributed by atoms with Crippen molar-refractivity contribution in [2.24, 2.45) is 0 Å². The molecule has 12 heavy (non-hydrogen) atoms. The van der Waals surface area contributed by atoms with Gasteiger partial charge in [0.05, 0.1) is 6.26 Å². The largest absolute Gasteiger partial charge is 0.212 e. The Bertz CT molecular complexity index is 256. The van der Waals surface area contributed by atoms with Crippen molar-refractivity contribution in [3.05, 3.63) is 0 Å². The summed E-state index contributed by atoms with van der Waals surface area (Å²) in [5, 5.41) is 0. The van der Waals surface area contributed by atoms with Crippen molar-refractivity contribution in [3.63, 3.8) is 0 Å². The van der Waals surface area contributed by atoms with Crippen LogP contribution in [-0.4, -0.2) is 31.1 Å². The molecule has 1 heterocycles. The molecule has 4 heteroatoms. The minimum atomic E-state index is -3.00. The third kappa shape index (κ3) is 1.98. The van der Waals surface area contributed by atoms with E-state index in [9.17, 15) is 8.42 Å². The summed E-state index contributed by atoms with van der Waals surface area (Å²) >= 11 is 0. The highest BCUT2D eigenvalue weighted by Gasteiger charge is 2.35. The minimum Gasteiger partial charge on any atom is -0.212 e. The average molecular weight is 191 g/mol. The number of hydrogen-bond acceptors (Lipinski definition) is 2. The second-order valence-electron chi connectivity index (χ2n) is 4.10. The zero-order chi connectivity index (χ0) is 9.41. The number of piperidine rings is 1. The maximum absolute atomic E-state index is 11.3. The minimum absolute atomic E-state index is 0.175. The van der Waals surface area contributed by atoms with Crippen LogP contribution in [0, 0.1) is 0 Å². The first-order chi connectivity index (χ1) is 5.34. The lowest BCUT2D eigenvalue weighted by Crippen LogP contribution is -2.50. The van der Waals surface area contributed by atoms with Gasteiger partial charge in [0.25, 0.3) is 0 Å².